The first-order valence-corrected chi connectivity index (χ1v) is 8.42. The Morgan fingerprint density at radius 2 is 2.00 bits per heavy atom. The zero-order valence-corrected chi connectivity index (χ0v) is 12.6. The molecule has 1 N–H and O–H groups in total. The summed E-state index contributed by atoms with van der Waals surface area (Å²) in [4.78, 5) is 1.05. The zero-order valence-electron chi connectivity index (χ0n) is 10.2. The number of aliphatic hydroxyl groups excluding tert-OH is 1. The molecule has 3 nitrogen and oxygen atoms in total. The number of nitrogens with zero attached hydrogens (tertiary/aromatic N) is 2. The van der Waals surface area contributed by atoms with Crippen LogP contribution >= 0.6 is 34.9 Å². The van der Waals surface area contributed by atoms with Crippen molar-refractivity contribution in [1.29, 1.82) is 0 Å². The first-order chi connectivity index (χ1) is 8.74. The Kier molecular flexibility index (Phi) is 5.05. The number of benzene rings is 1. The van der Waals surface area contributed by atoms with Crippen LogP contribution in [0, 0.1) is 0 Å². The number of hydrogen-bond donors (Lipinski definition) is 1. The summed E-state index contributed by atoms with van der Waals surface area (Å²) in [6, 6.07) is 7.91. The highest BCUT2D eigenvalue weighted by Crippen LogP contribution is 2.36. The fourth-order valence-electron chi connectivity index (χ4n) is 1.48. The van der Waals surface area contributed by atoms with E-state index in [-0.39, 0.29) is 0 Å². The van der Waals surface area contributed by atoms with Gasteiger partial charge in [-0.1, -0.05) is 60.0 Å². The van der Waals surface area contributed by atoms with Gasteiger partial charge < -0.3 is 5.11 Å². The molecule has 0 aliphatic heterocycles. The summed E-state index contributed by atoms with van der Waals surface area (Å²) in [5.41, 5.74) is 0.964. The van der Waals surface area contributed by atoms with E-state index >= 15 is 0 Å². The fourth-order valence-corrected chi connectivity index (χ4v) is 4.06. The second-order valence-corrected chi connectivity index (χ2v) is 6.92. The molecule has 0 unspecified atom stereocenters. The van der Waals surface area contributed by atoms with Crippen molar-refractivity contribution in [2.75, 3.05) is 6.26 Å². The molecule has 2 aromatic rings. The van der Waals surface area contributed by atoms with Gasteiger partial charge in [0.25, 0.3) is 0 Å². The topological polar surface area (TPSA) is 46.0 Å². The Labute approximate surface area is 119 Å². The normalized spacial score (nSPS) is 12.6. The lowest BCUT2D eigenvalue weighted by molar-refractivity contribution is 0.171. The highest BCUT2D eigenvalue weighted by atomic mass is 32.2. The van der Waals surface area contributed by atoms with Gasteiger partial charge in [-0.05, 0) is 24.3 Å². The predicted molar refractivity (Wildman–Crippen MR) is 77.5 cm³/mol. The molecule has 0 saturated heterocycles. The minimum atomic E-state index is -0.415. The molecule has 96 valence electrons. The van der Waals surface area contributed by atoms with Gasteiger partial charge in [0.1, 0.15) is 0 Å². The second-order valence-electron chi connectivity index (χ2n) is 3.60. The average molecular weight is 298 g/mol. The van der Waals surface area contributed by atoms with E-state index in [1.807, 2.05) is 37.4 Å². The minimum absolute atomic E-state index is 0.415. The Balaban J connectivity index is 2.23. The van der Waals surface area contributed by atoms with E-state index < -0.39 is 6.10 Å². The van der Waals surface area contributed by atoms with Crippen LogP contribution in [-0.2, 0) is 0 Å². The molecule has 0 radical (unpaired) electrons. The van der Waals surface area contributed by atoms with Crippen LogP contribution in [0.5, 0.6) is 0 Å². The molecule has 0 saturated carbocycles. The molecule has 0 fully saturated rings. The van der Waals surface area contributed by atoms with Gasteiger partial charge in [0, 0.05) is 4.90 Å². The third-order valence-electron chi connectivity index (χ3n) is 2.42. The number of aliphatic hydroxyl groups is 1. The number of hydrogen-bond acceptors (Lipinski definition) is 6. The molecule has 1 aromatic carbocycles. The molecule has 1 atom stereocenters. The monoisotopic (exact) mass is 298 g/mol. The van der Waals surface area contributed by atoms with E-state index in [4.69, 9.17) is 0 Å². The van der Waals surface area contributed by atoms with E-state index in [1.54, 1.807) is 34.9 Å². The molecule has 6 heteroatoms. The molecular weight excluding hydrogens is 284 g/mol. The summed E-state index contributed by atoms with van der Waals surface area (Å²) >= 11 is 4.74. The van der Waals surface area contributed by atoms with Crippen LogP contribution < -0.4 is 0 Å². The van der Waals surface area contributed by atoms with Gasteiger partial charge in [0.05, 0.1) is 6.10 Å². The lowest BCUT2D eigenvalue weighted by atomic mass is 10.1. The molecule has 1 aromatic heterocycles. The summed E-state index contributed by atoms with van der Waals surface area (Å²) in [5.74, 6) is 0. The Bertz CT molecular complexity index is 516. The second kappa shape index (κ2) is 6.56. The lowest BCUT2D eigenvalue weighted by Gasteiger charge is -2.12. The zero-order chi connectivity index (χ0) is 13.0. The van der Waals surface area contributed by atoms with Crippen LogP contribution in [-0.4, -0.2) is 21.6 Å². The molecule has 0 bridgehead atoms. The lowest BCUT2D eigenvalue weighted by Crippen LogP contribution is -1.96. The van der Waals surface area contributed by atoms with E-state index in [0.717, 1.165) is 19.1 Å². The van der Waals surface area contributed by atoms with Gasteiger partial charge in [0.2, 0.25) is 0 Å². The summed E-state index contributed by atoms with van der Waals surface area (Å²) < 4.78 is 1.88. The van der Waals surface area contributed by atoms with E-state index in [1.165, 1.54) is 0 Å². The Morgan fingerprint density at radius 1 is 1.28 bits per heavy atom. The molecule has 0 amide bonds. The largest absolute Gasteiger partial charge is 0.388 e. The van der Waals surface area contributed by atoms with Crippen molar-refractivity contribution in [3.8, 4) is 0 Å². The number of aromatic nitrogens is 2. The molecular formula is C12H14N2OS3. The summed E-state index contributed by atoms with van der Waals surface area (Å²) in [6.45, 7) is 1.98. The fraction of sp³-hybridized carbons (Fsp3) is 0.333. The van der Waals surface area contributed by atoms with Gasteiger partial charge in [-0.15, -0.1) is 10.2 Å². The number of rotatable bonds is 5. The van der Waals surface area contributed by atoms with Crippen molar-refractivity contribution in [2.45, 2.75) is 33.0 Å². The van der Waals surface area contributed by atoms with Crippen LogP contribution in [0.4, 0.5) is 0 Å². The Hall–Kier alpha value is -0.560. The highest BCUT2D eigenvalue weighted by molar-refractivity contribution is 8.03. The smallest absolute Gasteiger partial charge is 0.179 e. The SMILES string of the molecule is CC[C@H](O)c1ccccc1Sc1nnc(SC)s1. The third kappa shape index (κ3) is 3.26. The van der Waals surface area contributed by atoms with Crippen LogP contribution in [0.15, 0.2) is 37.8 Å². The van der Waals surface area contributed by atoms with E-state index in [2.05, 4.69) is 10.2 Å². The molecule has 1 heterocycles. The van der Waals surface area contributed by atoms with Crippen molar-refractivity contribution in [1.82, 2.24) is 10.2 Å². The maximum Gasteiger partial charge on any atom is 0.179 e. The van der Waals surface area contributed by atoms with Crippen LogP contribution in [0.2, 0.25) is 0 Å². The quantitative estimate of drug-likeness (QED) is 0.849. The van der Waals surface area contributed by atoms with Crippen molar-refractivity contribution >= 4 is 34.9 Å². The maximum atomic E-state index is 9.99. The van der Waals surface area contributed by atoms with Gasteiger partial charge in [-0.3, -0.25) is 0 Å². The minimum Gasteiger partial charge on any atom is -0.388 e. The van der Waals surface area contributed by atoms with Crippen LogP contribution in [0.1, 0.15) is 25.0 Å². The van der Waals surface area contributed by atoms with Crippen LogP contribution in [0.25, 0.3) is 0 Å². The van der Waals surface area contributed by atoms with E-state index in [0.29, 0.717) is 6.42 Å². The Morgan fingerprint density at radius 3 is 2.67 bits per heavy atom. The summed E-state index contributed by atoms with van der Waals surface area (Å²) in [5, 5.41) is 18.2. The van der Waals surface area contributed by atoms with Gasteiger partial charge in [0.15, 0.2) is 8.68 Å². The van der Waals surface area contributed by atoms with Gasteiger partial charge in [-0.2, -0.15) is 0 Å². The first-order valence-electron chi connectivity index (χ1n) is 5.57. The van der Waals surface area contributed by atoms with Crippen LogP contribution in [0.3, 0.4) is 0 Å². The predicted octanol–water partition coefficient (Wildman–Crippen LogP) is 3.85. The summed E-state index contributed by atoms with van der Waals surface area (Å²) in [7, 11) is 0. The highest BCUT2D eigenvalue weighted by Gasteiger charge is 2.13. The third-order valence-corrected chi connectivity index (χ3v) is 5.47. The molecule has 0 aliphatic rings. The van der Waals surface area contributed by atoms with E-state index in [9.17, 15) is 5.11 Å². The van der Waals surface area contributed by atoms with Gasteiger partial charge >= 0.3 is 0 Å². The molecule has 0 spiro atoms. The van der Waals surface area contributed by atoms with Crippen molar-refractivity contribution < 1.29 is 5.11 Å². The van der Waals surface area contributed by atoms with Crippen molar-refractivity contribution in [3.63, 3.8) is 0 Å². The van der Waals surface area contributed by atoms with Gasteiger partial charge in [-0.25, -0.2) is 0 Å². The van der Waals surface area contributed by atoms with Crippen molar-refractivity contribution in [3.05, 3.63) is 29.8 Å². The summed E-state index contributed by atoms with van der Waals surface area (Å²) in [6.07, 6.45) is 2.29. The van der Waals surface area contributed by atoms with Crippen molar-refractivity contribution in [2.24, 2.45) is 0 Å². The maximum absolute atomic E-state index is 9.99. The number of thioether (sulfide) groups is 1. The molecule has 18 heavy (non-hydrogen) atoms. The molecule has 0 aliphatic carbocycles. The first kappa shape index (κ1) is 13.9. The molecule has 2 rings (SSSR count). The average Bonchev–Trinajstić information content (AvgIpc) is 2.86. The standard InChI is InChI=1S/C12H14N2OS3/c1-3-9(15)8-6-4-5-7-10(8)17-12-14-13-11(16-2)18-12/h4-7,9,15H,3H2,1-2H3/t9-/m0/s1.